The lowest BCUT2D eigenvalue weighted by atomic mass is 10.1. The predicted molar refractivity (Wildman–Crippen MR) is 58.2 cm³/mol. The minimum Gasteiger partial charge on any atom is -0.358 e. The van der Waals surface area contributed by atoms with Crippen LogP contribution in [0.25, 0.3) is 10.9 Å². The van der Waals surface area contributed by atoms with E-state index in [4.69, 9.17) is 11.6 Å². The van der Waals surface area contributed by atoms with Gasteiger partial charge < -0.3 is 4.98 Å². The van der Waals surface area contributed by atoms with E-state index < -0.39 is 11.0 Å². The number of aryl methyl sites for hydroxylation is 1. The van der Waals surface area contributed by atoms with Crippen LogP contribution in [-0.4, -0.2) is 16.0 Å². The first-order valence-corrected chi connectivity index (χ1v) is 4.80. The van der Waals surface area contributed by atoms with Crippen molar-refractivity contribution in [1.29, 1.82) is 0 Å². The summed E-state index contributed by atoms with van der Waals surface area (Å²) in [4.78, 5) is 25.4. The Morgan fingerprint density at radius 1 is 1.27 bits per heavy atom. The molecule has 0 radical (unpaired) electrons. The fourth-order valence-electron chi connectivity index (χ4n) is 1.67. The van der Waals surface area contributed by atoms with Crippen molar-refractivity contribution in [1.82, 2.24) is 4.98 Å². The third-order valence-corrected chi connectivity index (χ3v) is 2.47. The summed E-state index contributed by atoms with van der Waals surface area (Å²) in [5, 5.41) is -0.225. The van der Waals surface area contributed by atoms with E-state index in [-0.39, 0.29) is 0 Å². The van der Waals surface area contributed by atoms with Gasteiger partial charge in [0.2, 0.25) is 5.78 Å². The standard InChI is InChI=1S/C11H8ClNO2/c1-6-9(10(14)11(12)15)7-4-2-3-5-8(7)13-6/h2-5,13H,1H3. The van der Waals surface area contributed by atoms with Gasteiger partial charge >= 0.3 is 0 Å². The van der Waals surface area contributed by atoms with Gasteiger partial charge in [0.1, 0.15) is 0 Å². The van der Waals surface area contributed by atoms with Crippen LogP contribution in [0.15, 0.2) is 24.3 Å². The largest absolute Gasteiger partial charge is 0.358 e. The molecule has 76 valence electrons. The lowest BCUT2D eigenvalue weighted by Crippen LogP contribution is -2.08. The van der Waals surface area contributed by atoms with Crippen molar-refractivity contribution in [3.63, 3.8) is 0 Å². The third kappa shape index (κ3) is 1.55. The molecule has 0 aliphatic rings. The summed E-state index contributed by atoms with van der Waals surface area (Å²) in [6.45, 7) is 1.74. The van der Waals surface area contributed by atoms with Gasteiger partial charge in [-0.15, -0.1) is 0 Å². The Kier molecular flexibility index (Phi) is 2.32. The average Bonchev–Trinajstić information content (AvgIpc) is 2.52. The maximum atomic E-state index is 11.5. The lowest BCUT2D eigenvalue weighted by Gasteiger charge is -1.94. The Balaban J connectivity index is 2.74. The van der Waals surface area contributed by atoms with Crippen LogP contribution in [0.5, 0.6) is 0 Å². The van der Waals surface area contributed by atoms with Gasteiger partial charge in [0.25, 0.3) is 5.24 Å². The smallest absolute Gasteiger partial charge is 0.293 e. The van der Waals surface area contributed by atoms with Crippen LogP contribution >= 0.6 is 11.6 Å². The van der Waals surface area contributed by atoms with E-state index in [1.807, 2.05) is 18.2 Å². The molecule has 0 fully saturated rings. The molecular formula is C11H8ClNO2. The second-order valence-corrected chi connectivity index (χ2v) is 3.62. The van der Waals surface area contributed by atoms with E-state index in [9.17, 15) is 9.59 Å². The molecule has 0 aliphatic heterocycles. The van der Waals surface area contributed by atoms with Crippen molar-refractivity contribution in [2.75, 3.05) is 0 Å². The number of hydrogen-bond donors (Lipinski definition) is 1. The van der Waals surface area contributed by atoms with Crippen LogP contribution in [-0.2, 0) is 4.79 Å². The number of fused-ring (bicyclic) bond motifs is 1. The Labute approximate surface area is 91.0 Å². The zero-order chi connectivity index (χ0) is 11.0. The monoisotopic (exact) mass is 221 g/mol. The summed E-state index contributed by atoms with van der Waals surface area (Å²) >= 11 is 5.19. The molecule has 0 saturated heterocycles. The summed E-state index contributed by atoms with van der Waals surface area (Å²) in [6.07, 6.45) is 0. The molecule has 0 aliphatic carbocycles. The molecule has 1 aromatic heterocycles. The number of para-hydroxylation sites is 1. The fourth-order valence-corrected chi connectivity index (χ4v) is 1.76. The first-order chi connectivity index (χ1) is 7.11. The van der Waals surface area contributed by atoms with Crippen LogP contribution in [0.1, 0.15) is 16.1 Å². The summed E-state index contributed by atoms with van der Waals surface area (Å²) in [5.74, 6) is -0.661. The van der Waals surface area contributed by atoms with E-state index in [1.54, 1.807) is 13.0 Å². The minimum absolute atomic E-state index is 0.366. The van der Waals surface area contributed by atoms with Crippen LogP contribution < -0.4 is 0 Å². The fraction of sp³-hybridized carbons (Fsp3) is 0.0909. The van der Waals surface area contributed by atoms with E-state index in [0.29, 0.717) is 11.3 Å². The van der Waals surface area contributed by atoms with Crippen LogP contribution in [0.4, 0.5) is 0 Å². The Morgan fingerprint density at radius 2 is 1.93 bits per heavy atom. The first kappa shape index (κ1) is 9.93. The maximum Gasteiger partial charge on any atom is 0.293 e. The van der Waals surface area contributed by atoms with Crippen molar-refractivity contribution in [3.05, 3.63) is 35.5 Å². The highest BCUT2D eigenvalue weighted by Gasteiger charge is 2.20. The number of benzene rings is 1. The van der Waals surface area contributed by atoms with Gasteiger partial charge in [-0.3, -0.25) is 9.59 Å². The van der Waals surface area contributed by atoms with Crippen molar-refractivity contribution < 1.29 is 9.59 Å². The van der Waals surface area contributed by atoms with Gasteiger partial charge in [-0.25, -0.2) is 0 Å². The molecular weight excluding hydrogens is 214 g/mol. The molecule has 0 amide bonds. The van der Waals surface area contributed by atoms with E-state index in [0.717, 1.165) is 10.9 Å². The number of aromatic nitrogens is 1. The summed E-state index contributed by atoms with van der Waals surface area (Å²) < 4.78 is 0. The molecule has 2 rings (SSSR count). The number of aromatic amines is 1. The molecule has 2 aromatic rings. The number of nitrogens with one attached hydrogen (secondary N) is 1. The first-order valence-electron chi connectivity index (χ1n) is 4.42. The number of carbonyl (C=O) groups excluding carboxylic acids is 2. The summed E-state index contributed by atoms with van der Waals surface area (Å²) in [5.41, 5.74) is 1.86. The van der Waals surface area contributed by atoms with Gasteiger partial charge in [0, 0.05) is 16.6 Å². The number of ketones is 1. The molecule has 0 saturated carbocycles. The molecule has 1 heterocycles. The number of carbonyl (C=O) groups is 2. The lowest BCUT2D eigenvalue weighted by molar-refractivity contribution is -0.108. The number of hydrogen-bond acceptors (Lipinski definition) is 2. The molecule has 0 bridgehead atoms. The molecule has 0 unspecified atom stereocenters. The predicted octanol–water partition coefficient (Wildman–Crippen LogP) is 2.42. The van der Waals surface area contributed by atoms with Crippen LogP contribution in [0, 0.1) is 6.92 Å². The number of rotatable bonds is 2. The van der Waals surface area contributed by atoms with Crippen LogP contribution in [0.2, 0.25) is 0 Å². The van der Waals surface area contributed by atoms with Gasteiger partial charge in [0.05, 0.1) is 5.56 Å². The van der Waals surface area contributed by atoms with Crippen molar-refractivity contribution in [2.45, 2.75) is 6.92 Å². The number of Topliss-reactive ketones (excluding diaryl/α,β-unsaturated/α-hetero) is 1. The highest BCUT2D eigenvalue weighted by molar-refractivity contribution is 6.83. The van der Waals surface area contributed by atoms with Gasteiger partial charge in [-0.05, 0) is 24.6 Å². The Hall–Kier alpha value is -1.61. The number of halogens is 1. The molecule has 3 nitrogen and oxygen atoms in total. The molecule has 15 heavy (non-hydrogen) atoms. The number of H-pyrrole nitrogens is 1. The topological polar surface area (TPSA) is 49.9 Å². The van der Waals surface area contributed by atoms with E-state index in [2.05, 4.69) is 4.98 Å². The Bertz CT molecular complexity index is 557. The minimum atomic E-state index is -0.956. The summed E-state index contributed by atoms with van der Waals surface area (Å²) in [6, 6.07) is 7.30. The Morgan fingerprint density at radius 3 is 2.60 bits per heavy atom. The summed E-state index contributed by atoms with van der Waals surface area (Å²) in [7, 11) is 0. The van der Waals surface area contributed by atoms with E-state index >= 15 is 0 Å². The molecule has 4 heteroatoms. The zero-order valence-corrected chi connectivity index (χ0v) is 8.76. The van der Waals surface area contributed by atoms with Gasteiger partial charge in [-0.2, -0.15) is 0 Å². The van der Waals surface area contributed by atoms with E-state index in [1.165, 1.54) is 0 Å². The van der Waals surface area contributed by atoms with Gasteiger partial charge in [0.15, 0.2) is 0 Å². The van der Waals surface area contributed by atoms with Crippen molar-refractivity contribution in [2.24, 2.45) is 0 Å². The average molecular weight is 222 g/mol. The highest BCUT2D eigenvalue weighted by Crippen LogP contribution is 2.22. The quantitative estimate of drug-likeness (QED) is 0.481. The second-order valence-electron chi connectivity index (χ2n) is 3.27. The third-order valence-electron chi connectivity index (χ3n) is 2.30. The normalized spacial score (nSPS) is 10.5. The molecule has 0 spiro atoms. The molecule has 1 N–H and O–H groups in total. The SMILES string of the molecule is Cc1[nH]c2ccccc2c1C(=O)C(=O)Cl. The van der Waals surface area contributed by atoms with Crippen molar-refractivity contribution >= 4 is 33.5 Å². The molecule has 1 aromatic carbocycles. The molecule has 0 atom stereocenters. The second kappa shape index (κ2) is 3.51. The maximum absolute atomic E-state index is 11.5. The van der Waals surface area contributed by atoms with Gasteiger partial charge in [-0.1, -0.05) is 18.2 Å². The highest BCUT2D eigenvalue weighted by atomic mass is 35.5. The zero-order valence-electron chi connectivity index (χ0n) is 8.00. The van der Waals surface area contributed by atoms with Crippen LogP contribution in [0.3, 0.4) is 0 Å². The van der Waals surface area contributed by atoms with Crippen molar-refractivity contribution in [3.8, 4) is 0 Å².